The quantitative estimate of drug-likeness (QED) is 0.672. The lowest BCUT2D eigenvalue weighted by molar-refractivity contribution is 0.550. The van der Waals surface area contributed by atoms with E-state index in [0.29, 0.717) is 5.92 Å². The highest BCUT2D eigenvalue weighted by Gasteiger charge is 2.31. The highest BCUT2D eigenvalue weighted by Crippen LogP contribution is 2.41. The summed E-state index contributed by atoms with van der Waals surface area (Å²) in [5, 5.41) is 0. The van der Waals surface area contributed by atoms with Crippen molar-refractivity contribution in [3.63, 3.8) is 0 Å². The molecule has 0 N–H and O–H groups in total. The molecule has 1 atom stereocenters. The zero-order valence-electron chi connectivity index (χ0n) is 12.7. The predicted octanol–water partition coefficient (Wildman–Crippen LogP) is 5.27. The first kappa shape index (κ1) is 13.9. The molecular formula is C19H24. The first-order valence-corrected chi connectivity index (χ1v) is 7.00. The topological polar surface area (TPSA) is 0 Å². The zero-order chi connectivity index (χ0) is 14.2. The third-order valence-corrected chi connectivity index (χ3v) is 4.61. The summed E-state index contributed by atoms with van der Waals surface area (Å²) in [6.07, 6.45) is 6.51. The molecule has 0 heterocycles. The largest absolute Gasteiger partial charge is 0.0952 e. The highest BCUT2D eigenvalue weighted by molar-refractivity contribution is 5.48. The van der Waals surface area contributed by atoms with Crippen molar-refractivity contribution in [3.05, 3.63) is 70.8 Å². The molecule has 0 saturated carbocycles. The van der Waals surface area contributed by atoms with Crippen molar-refractivity contribution in [1.29, 1.82) is 0 Å². The van der Waals surface area contributed by atoms with E-state index in [-0.39, 0.29) is 5.41 Å². The Bertz CT molecular complexity index is 568. The molecule has 0 aliphatic heterocycles. The summed E-state index contributed by atoms with van der Waals surface area (Å²) in [5.41, 5.74) is 6.89. The number of hydrogen-bond donors (Lipinski definition) is 0. The van der Waals surface area contributed by atoms with Gasteiger partial charge >= 0.3 is 0 Å². The van der Waals surface area contributed by atoms with Gasteiger partial charge in [0.1, 0.15) is 0 Å². The van der Waals surface area contributed by atoms with E-state index in [1.54, 1.807) is 0 Å². The minimum absolute atomic E-state index is 0.0449. The normalized spacial score (nSPS) is 19.5. The van der Waals surface area contributed by atoms with Gasteiger partial charge in [-0.25, -0.2) is 0 Å². The molecule has 0 amide bonds. The van der Waals surface area contributed by atoms with Crippen molar-refractivity contribution in [2.24, 2.45) is 5.92 Å². The lowest BCUT2D eigenvalue weighted by Crippen LogP contribution is -2.27. The maximum atomic E-state index is 4.16. The summed E-state index contributed by atoms with van der Waals surface area (Å²) in [5.74, 6) is 0.417. The van der Waals surface area contributed by atoms with Crippen LogP contribution >= 0.6 is 0 Å². The number of rotatable bonds is 2. The molecule has 1 aromatic rings. The molecule has 100 valence electrons. The van der Waals surface area contributed by atoms with Crippen LogP contribution < -0.4 is 0 Å². The van der Waals surface area contributed by atoms with Crippen LogP contribution in [0.3, 0.4) is 0 Å². The van der Waals surface area contributed by atoms with Gasteiger partial charge in [-0.15, -0.1) is 0 Å². The van der Waals surface area contributed by atoms with E-state index >= 15 is 0 Å². The average Bonchev–Trinajstić information content (AvgIpc) is 2.35. The van der Waals surface area contributed by atoms with Gasteiger partial charge in [0.05, 0.1) is 0 Å². The van der Waals surface area contributed by atoms with Crippen molar-refractivity contribution in [3.8, 4) is 0 Å². The predicted molar refractivity (Wildman–Crippen MR) is 84.5 cm³/mol. The lowest BCUT2D eigenvalue weighted by atomic mass is 9.68. The van der Waals surface area contributed by atoms with Crippen LogP contribution in [0, 0.1) is 19.8 Å². The van der Waals surface area contributed by atoms with Gasteiger partial charge in [-0.05, 0) is 36.1 Å². The third-order valence-electron chi connectivity index (χ3n) is 4.61. The van der Waals surface area contributed by atoms with Gasteiger partial charge < -0.3 is 0 Å². The van der Waals surface area contributed by atoms with Gasteiger partial charge in [0.25, 0.3) is 0 Å². The van der Waals surface area contributed by atoms with Crippen molar-refractivity contribution in [2.45, 2.75) is 40.0 Å². The van der Waals surface area contributed by atoms with Gasteiger partial charge in [0, 0.05) is 11.3 Å². The number of hydrogen-bond acceptors (Lipinski definition) is 0. The van der Waals surface area contributed by atoms with Crippen LogP contribution in [0.15, 0.2) is 54.2 Å². The molecule has 0 heteroatoms. The van der Waals surface area contributed by atoms with Gasteiger partial charge in [0.2, 0.25) is 0 Å². The smallest absolute Gasteiger partial charge is 0.0117 e. The summed E-state index contributed by atoms with van der Waals surface area (Å²) < 4.78 is 0. The second kappa shape index (κ2) is 4.85. The minimum atomic E-state index is 0.0449. The van der Waals surface area contributed by atoms with Crippen molar-refractivity contribution in [2.75, 3.05) is 0 Å². The van der Waals surface area contributed by atoms with Crippen LogP contribution in [0.1, 0.15) is 37.5 Å². The summed E-state index contributed by atoms with van der Waals surface area (Å²) in [7, 11) is 0. The Hall–Kier alpha value is -1.56. The molecule has 0 bridgehead atoms. The highest BCUT2D eigenvalue weighted by atomic mass is 14.4. The number of aryl methyl sites for hydroxylation is 1. The van der Waals surface area contributed by atoms with Crippen LogP contribution in [-0.2, 0) is 5.41 Å². The minimum Gasteiger partial charge on any atom is -0.0952 e. The fourth-order valence-electron chi connectivity index (χ4n) is 3.10. The molecule has 0 aromatic heterocycles. The Morgan fingerprint density at radius 1 is 1.16 bits per heavy atom. The second-order valence-corrected chi connectivity index (χ2v) is 6.15. The van der Waals surface area contributed by atoms with E-state index < -0.39 is 0 Å². The van der Waals surface area contributed by atoms with E-state index in [0.717, 1.165) is 0 Å². The van der Waals surface area contributed by atoms with Crippen molar-refractivity contribution in [1.82, 2.24) is 0 Å². The second-order valence-electron chi connectivity index (χ2n) is 6.15. The number of allylic oxidation sites excluding steroid dienone is 5. The third kappa shape index (κ3) is 2.32. The standard InChI is InChI=1S/C19H24/c1-13-9-7-11-17(15(13)3)19(5,6)18-12-8-10-14(2)16(18)4/h7-12,15H,1H2,2-6H3. The SMILES string of the molecule is C=C1C=CC=C(C(C)(C)c2cccc(C)c2C)C1C. The monoisotopic (exact) mass is 252 g/mol. The van der Waals surface area contributed by atoms with Gasteiger partial charge in [-0.3, -0.25) is 0 Å². The van der Waals surface area contributed by atoms with E-state index in [1.165, 1.54) is 27.8 Å². The first-order chi connectivity index (χ1) is 8.85. The molecule has 1 aromatic carbocycles. The van der Waals surface area contributed by atoms with E-state index in [4.69, 9.17) is 0 Å². The fraction of sp³-hybridized carbons (Fsp3) is 0.368. The van der Waals surface area contributed by atoms with E-state index in [2.05, 4.69) is 77.6 Å². The summed E-state index contributed by atoms with van der Waals surface area (Å²) in [4.78, 5) is 0. The van der Waals surface area contributed by atoms with Crippen LogP contribution in [0.25, 0.3) is 0 Å². The molecule has 0 radical (unpaired) electrons. The van der Waals surface area contributed by atoms with Gasteiger partial charge in [-0.1, -0.05) is 69.4 Å². The van der Waals surface area contributed by atoms with E-state index in [9.17, 15) is 0 Å². The first-order valence-electron chi connectivity index (χ1n) is 7.00. The maximum absolute atomic E-state index is 4.16. The molecule has 0 nitrogen and oxygen atoms in total. The average molecular weight is 252 g/mol. The Balaban J connectivity index is 2.54. The Morgan fingerprint density at radius 2 is 1.84 bits per heavy atom. The summed E-state index contributed by atoms with van der Waals surface area (Å²) in [6.45, 7) is 15.5. The van der Waals surface area contributed by atoms with Gasteiger partial charge in [-0.2, -0.15) is 0 Å². The number of benzene rings is 1. The Labute approximate surface area is 117 Å². The molecule has 0 saturated heterocycles. The summed E-state index contributed by atoms with van der Waals surface area (Å²) >= 11 is 0. The lowest BCUT2D eigenvalue weighted by Gasteiger charge is -2.36. The van der Waals surface area contributed by atoms with Crippen LogP contribution in [0.5, 0.6) is 0 Å². The van der Waals surface area contributed by atoms with Crippen LogP contribution in [-0.4, -0.2) is 0 Å². The van der Waals surface area contributed by atoms with E-state index in [1.807, 2.05) is 0 Å². The molecule has 1 aliphatic rings. The fourth-order valence-corrected chi connectivity index (χ4v) is 3.10. The van der Waals surface area contributed by atoms with Crippen LogP contribution in [0.4, 0.5) is 0 Å². The molecule has 0 fully saturated rings. The van der Waals surface area contributed by atoms with Gasteiger partial charge in [0.15, 0.2) is 0 Å². The van der Waals surface area contributed by atoms with Crippen molar-refractivity contribution >= 4 is 0 Å². The molecular weight excluding hydrogens is 228 g/mol. The molecule has 1 unspecified atom stereocenters. The molecule has 1 aliphatic carbocycles. The molecule has 19 heavy (non-hydrogen) atoms. The zero-order valence-corrected chi connectivity index (χ0v) is 12.7. The Kier molecular flexibility index (Phi) is 3.54. The van der Waals surface area contributed by atoms with Crippen molar-refractivity contribution < 1.29 is 0 Å². The summed E-state index contributed by atoms with van der Waals surface area (Å²) in [6, 6.07) is 6.61. The molecule has 0 spiro atoms. The maximum Gasteiger partial charge on any atom is 0.0117 e. The van der Waals surface area contributed by atoms with Crippen LogP contribution in [0.2, 0.25) is 0 Å². The molecule has 2 rings (SSSR count). The Morgan fingerprint density at radius 3 is 2.53 bits per heavy atom.